The molecule has 10 heteroatoms. The Morgan fingerprint density at radius 2 is 1.97 bits per heavy atom. The van der Waals surface area contributed by atoms with Crippen molar-refractivity contribution < 1.29 is 23.7 Å². The summed E-state index contributed by atoms with van der Waals surface area (Å²) in [5.74, 6) is 5.38. The van der Waals surface area contributed by atoms with Crippen LogP contribution >= 0.6 is 0 Å². The van der Waals surface area contributed by atoms with Crippen LogP contribution in [0.15, 0.2) is 24.8 Å². The Kier molecular flexibility index (Phi) is 5.91. The predicted molar refractivity (Wildman–Crippen MR) is 106 cm³/mol. The van der Waals surface area contributed by atoms with E-state index in [9.17, 15) is 9.59 Å². The molecule has 1 N–H and O–H groups in total. The molecule has 1 unspecified atom stereocenters. The van der Waals surface area contributed by atoms with Gasteiger partial charge in [-0.3, -0.25) is 0 Å². The minimum Gasteiger partial charge on any atom is -0.464 e. The molecule has 3 heterocycles. The van der Waals surface area contributed by atoms with Gasteiger partial charge in [0.25, 0.3) is 0 Å². The number of amides is 1. The average Bonchev–Trinajstić information content (AvgIpc) is 3.19. The maximum absolute atomic E-state index is 12.2. The van der Waals surface area contributed by atoms with Gasteiger partial charge in [-0.2, -0.15) is 0 Å². The number of nitrogens with zero attached hydrogens (tertiary/aromatic N) is 5. The second kappa shape index (κ2) is 8.41. The van der Waals surface area contributed by atoms with Gasteiger partial charge in [-0.25, -0.2) is 19.6 Å². The van der Waals surface area contributed by atoms with Gasteiger partial charge in [0.05, 0.1) is 19.9 Å². The van der Waals surface area contributed by atoms with E-state index in [0.717, 1.165) is 11.2 Å². The van der Waals surface area contributed by atoms with Crippen molar-refractivity contribution in [1.82, 2.24) is 24.5 Å². The summed E-state index contributed by atoms with van der Waals surface area (Å²) >= 11 is 0. The van der Waals surface area contributed by atoms with E-state index < -0.39 is 23.7 Å². The van der Waals surface area contributed by atoms with Gasteiger partial charge >= 0.3 is 12.1 Å². The Bertz CT molecular complexity index is 1150. The van der Waals surface area contributed by atoms with E-state index in [1.54, 1.807) is 40.1 Å². The first-order chi connectivity index (χ1) is 14.2. The highest BCUT2D eigenvalue weighted by molar-refractivity contribution is 5.81. The van der Waals surface area contributed by atoms with Gasteiger partial charge in [-0.05, 0) is 27.7 Å². The van der Waals surface area contributed by atoms with E-state index in [1.165, 1.54) is 0 Å². The predicted octanol–water partition coefficient (Wildman–Crippen LogP) is 1.00. The molecule has 3 rings (SSSR count). The van der Waals surface area contributed by atoms with Crippen LogP contribution in [0, 0.1) is 11.8 Å². The lowest BCUT2D eigenvalue weighted by Crippen LogP contribution is -2.44. The number of nitrogens with one attached hydrogen (secondary N) is 1. The summed E-state index contributed by atoms with van der Waals surface area (Å²) in [6, 6.07) is -0.927. The van der Waals surface area contributed by atoms with E-state index >= 15 is 0 Å². The topological polar surface area (TPSA) is 104 Å². The lowest BCUT2D eigenvalue weighted by Gasteiger charge is -2.22. The molecule has 0 saturated carbocycles. The molecule has 0 spiro atoms. The van der Waals surface area contributed by atoms with Crippen molar-refractivity contribution in [3.8, 4) is 11.8 Å². The average molecular weight is 413 g/mol. The van der Waals surface area contributed by atoms with Crippen LogP contribution in [0.5, 0.6) is 0 Å². The fourth-order valence-electron chi connectivity index (χ4n) is 2.82. The van der Waals surface area contributed by atoms with E-state index in [-0.39, 0.29) is 13.0 Å². The number of alkyl carbamates (subject to hydrolysis) is 1. The zero-order chi connectivity index (χ0) is 21.9. The molecular formula is C20H25N6O4+. The summed E-state index contributed by atoms with van der Waals surface area (Å²) < 4.78 is 15.8. The molecule has 0 fully saturated rings. The van der Waals surface area contributed by atoms with Crippen LogP contribution in [0.1, 0.15) is 39.7 Å². The smallest absolute Gasteiger partial charge is 0.408 e. The van der Waals surface area contributed by atoms with Crippen molar-refractivity contribution in [2.45, 2.75) is 45.8 Å². The SMILES string of the molecule is CCOC(=O)C(CC#Cc1cn2c3nccnc3n(C)[n+]2c1)NC(=O)OC(C)(C)C. The number of hydrogen-bond acceptors (Lipinski definition) is 6. The Morgan fingerprint density at radius 3 is 2.63 bits per heavy atom. The van der Waals surface area contributed by atoms with Crippen LogP contribution in [0.3, 0.4) is 0 Å². The largest absolute Gasteiger partial charge is 0.464 e. The number of aromatic nitrogens is 5. The van der Waals surface area contributed by atoms with Crippen molar-refractivity contribution in [1.29, 1.82) is 0 Å². The molecule has 0 aromatic carbocycles. The normalized spacial score (nSPS) is 12.3. The Hall–Kier alpha value is -3.61. The number of hydrogen-bond donors (Lipinski definition) is 1. The monoisotopic (exact) mass is 413 g/mol. The van der Waals surface area contributed by atoms with Crippen molar-refractivity contribution in [2.75, 3.05) is 6.61 Å². The van der Waals surface area contributed by atoms with Gasteiger partial charge in [-0.1, -0.05) is 16.4 Å². The Labute approximate surface area is 173 Å². The summed E-state index contributed by atoms with van der Waals surface area (Å²) in [6.45, 7) is 7.14. The van der Waals surface area contributed by atoms with Crippen LogP contribution in [0.2, 0.25) is 0 Å². The quantitative estimate of drug-likeness (QED) is 0.389. The third-order valence-corrected chi connectivity index (χ3v) is 4.03. The fraction of sp³-hybridized carbons (Fsp3) is 0.450. The molecule has 0 saturated heterocycles. The number of fused-ring (bicyclic) bond motifs is 3. The van der Waals surface area contributed by atoms with E-state index in [1.807, 2.05) is 33.3 Å². The molecule has 1 atom stereocenters. The molecule has 0 radical (unpaired) electrons. The third kappa shape index (κ3) is 4.68. The number of esters is 1. The molecule has 1 amide bonds. The van der Waals surface area contributed by atoms with Gasteiger partial charge in [0.1, 0.15) is 17.2 Å². The highest BCUT2D eigenvalue weighted by Crippen LogP contribution is 2.08. The lowest BCUT2D eigenvalue weighted by atomic mass is 10.2. The number of aryl methyl sites for hydroxylation is 1. The standard InChI is InChI=1S/C20H24N6O4/c1-6-29-18(27)15(23-19(28)30-20(2,3)4)9-7-8-14-12-25-17-16(21-10-11-22-17)24(5)26(25)13-14/h10-13,15H,6,9H2,1-5H3/p+1. The van der Waals surface area contributed by atoms with Crippen molar-refractivity contribution >= 4 is 23.4 Å². The number of ether oxygens (including phenoxy) is 2. The molecule has 0 aliphatic rings. The number of rotatable bonds is 4. The zero-order valence-electron chi connectivity index (χ0n) is 17.7. The minimum atomic E-state index is -0.927. The Morgan fingerprint density at radius 1 is 1.27 bits per heavy atom. The summed E-state index contributed by atoms with van der Waals surface area (Å²) in [5.41, 5.74) is 1.48. The van der Waals surface area contributed by atoms with Gasteiger partial charge in [0.2, 0.25) is 17.5 Å². The van der Waals surface area contributed by atoms with E-state index in [2.05, 4.69) is 27.1 Å². The molecule has 3 aromatic heterocycles. The van der Waals surface area contributed by atoms with Gasteiger partial charge in [0, 0.05) is 23.4 Å². The van der Waals surface area contributed by atoms with Crippen LogP contribution in [-0.2, 0) is 21.3 Å². The third-order valence-electron chi connectivity index (χ3n) is 4.03. The Balaban J connectivity index is 1.78. The first kappa shape index (κ1) is 21.1. The first-order valence-electron chi connectivity index (χ1n) is 9.54. The van der Waals surface area contributed by atoms with Gasteiger partial charge < -0.3 is 14.8 Å². The highest BCUT2D eigenvalue weighted by atomic mass is 16.6. The molecule has 158 valence electrons. The van der Waals surface area contributed by atoms with Crippen LogP contribution in [-0.4, -0.2) is 49.5 Å². The molecule has 0 aliphatic carbocycles. The van der Waals surface area contributed by atoms with Gasteiger partial charge in [-0.15, -0.1) is 4.68 Å². The maximum Gasteiger partial charge on any atom is 0.408 e. The minimum absolute atomic E-state index is 0.0789. The van der Waals surface area contributed by atoms with Crippen LogP contribution in [0.4, 0.5) is 4.79 Å². The number of carbonyl (C=O) groups is 2. The molecule has 30 heavy (non-hydrogen) atoms. The molecular weight excluding hydrogens is 388 g/mol. The molecule has 0 bridgehead atoms. The van der Waals surface area contributed by atoms with E-state index in [4.69, 9.17) is 9.47 Å². The first-order valence-corrected chi connectivity index (χ1v) is 9.54. The van der Waals surface area contributed by atoms with Crippen molar-refractivity contribution in [3.05, 3.63) is 30.4 Å². The van der Waals surface area contributed by atoms with Crippen LogP contribution < -0.4 is 9.95 Å². The highest BCUT2D eigenvalue weighted by Gasteiger charge is 2.25. The second-order valence-electron chi connectivity index (χ2n) is 7.56. The second-order valence-corrected chi connectivity index (χ2v) is 7.56. The van der Waals surface area contributed by atoms with Crippen molar-refractivity contribution in [2.24, 2.45) is 7.05 Å². The summed E-state index contributed by atoms with van der Waals surface area (Å²) in [6.07, 6.45) is 6.30. The summed E-state index contributed by atoms with van der Waals surface area (Å²) in [5, 5.41) is 2.53. The molecule has 0 aliphatic heterocycles. The summed E-state index contributed by atoms with van der Waals surface area (Å²) in [7, 11) is 1.87. The number of carbonyl (C=O) groups excluding carboxylic acids is 2. The van der Waals surface area contributed by atoms with Crippen molar-refractivity contribution in [3.63, 3.8) is 0 Å². The van der Waals surface area contributed by atoms with E-state index in [0.29, 0.717) is 5.65 Å². The summed E-state index contributed by atoms with van der Waals surface area (Å²) in [4.78, 5) is 32.9. The zero-order valence-corrected chi connectivity index (χ0v) is 17.7. The molecule has 10 nitrogen and oxygen atoms in total. The fourth-order valence-corrected chi connectivity index (χ4v) is 2.82. The van der Waals surface area contributed by atoms with Crippen LogP contribution in [0.25, 0.3) is 11.3 Å². The van der Waals surface area contributed by atoms with Gasteiger partial charge in [0.15, 0.2) is 0 Å². The lowest BCUT2D eigenvalue weighted by molar-refractivity contribution is -0.694. The molecule has 3 aromatic rings. The maximum atomic E-state index is 12.2.